The zero-order chi connectivity index (χ0) is 15.1. The van der Waals surface area contributed by atoms with Crippen molar-refractivity contribution >= 4 is 17.4 Å². The summed E-state index contributed by atoms with van der Waals surface area (Å²) < 4.78 is 13.0. The van der Waals surface area contributed by atoms with Gasteiger partial charge in [-0.3, -0.25) is 4.98 Å². The highest BCUT2D eigenvalue weighted by Gasteiger charge is 2.12. The van der Waals surface area contributed by atoms with Gasteiger partial charge in [-0.2, -0.15) is 0 Å². The number of pyridine rings is 1. The van der Waals surface area contributed by atoms with Crippen LogP contribution in [-0.4, -0.2) is 10.7 Å². The van der Waals surface area contributed by atoms with Crippen molar-refractivity contribution in [2.24, 2.45) is 0 Å². The third-order valence-corrected chi connectivity index (χ3v) is 4.16. The first-order chi connectivity index (χ1) is 10.2. The largest absolute Gasteiger partial charge is 0.376 e. The summed E-state index contributed by atoms with van der Waals surface area (Å²) in [5.74, 6) is 0.556. The Morgan fingerprint density at radius 2 is 2.14 bits per heavy atom. The molecular weight excluding hydrogens is 283 g/mol. The van der Waals surface area contributed by atoms with Crippen LogP contribution in [0.1, 0.15) is 25.1 Å². The van der Waals surface area contributed by atoms with E-state index in [1.807, 2.05) is 18.2 Å². The number of hydrogen-bond acceptors (Lipinski definition) is 3. The first kappa shape index (κ1) is 15.6. The van der Waals surface area contributed by atoms with Crippen molar-refractivity contribution in [3.63, 3.8) is 0 Å². The summed E-state index contributed by atoms with van der Waals surface area (Å²) in [6, 6.07) is 11.4. The molecule has 1 heterocycles. The molecule has 1 aromatic carbocycles. The Morgan fingerprint density at radius 1 is 1.33 bits per heavy atom. The van der Waals surface area contributed by atoms with Crippen molar-refractivity contribution in [3.8, 4) is 0 Å². The molecule has 0 aliphatic carbocycles. The molecule has 1 unspecified atom stereocenters. The molecule has 21 heavy (non-hydrogen) atoms. The van der Waals surface area contributed by atoms with Gasteiger partial charge < -0.3 is 5.32 Å². The van der Waals surface area contributed by atoms with E-state index >= 15 is 0 Å². The van der Waals surface area contributed by atoms with E-state index in [1.165, 1.54) is 17.2 Å². The van der Waals surface area contributed by atoms with Crippen LogP contribution in [0.25, 0.3) is 0 Å². The van der Waals surface area contributed by atoms with Crippen LogP contribution in [0.5, 0.6) is 0 Å². The molecule has 0 bridgehead atoms. The van der Waals surface area contributed by atoms with E-state index in [2.05, 4.69) is 35.9 Å². The highest BCUT2D eigenvalue weighted by Crippen LogP contribution is 2.30. The molecule has 1 N–H and O–H groups in total. The van der Waals surface area contributed by atoms with Crippen molar-refractivity contribution in [1.82, 2.24) is 4.98 Å². The average Bonchev–Trinajstić information content (AvgIpc) is 2.52. The lowest BCUT2D eigenvalue weighted by molar-refractivity contribution is 0.614. The summed E-state index contributed by atoms with van der Waals surface area (Å²) in [4.78, 5) is 5.36. The molecule has 0 aliphatic heterocycles. The SMILES string of the molecule is C=CCSc1ccccc1NC(CC)c1ccc(F)cn1. The second kappa shape index (κ2) is 7.84. The van der Waals surface area contributed by atoms with Gasteiger partial charge in [-0.25, -0.2) is 4.39 Å². The maximum Gasteiger partial charge on any atom is 0.141 e. The lowest BCUT2D eigenvalue weighted by Gasteiger charge is -2.19. The number of hydrogen-bond donors (Lipinski definition) is 1. The van der Waals surface area contributed by atoms with Gasteiger partial charge in [0.2, 0.25) is 0 Å². The molecule has 4 heteroatoms. The molecule has 0 fully saturated rings. The van der Waals surface area contributed by atoms with E-state index in [4.69, 9.17) is 0 Å². The molecule has 0 radical (unpaired) electrons. The number of thioether (sulfide) groups is 1. The smallest absolute Gasteiger partial charge is 0.141 e. The fraction of sp³-hybridized carbons (Fsp3) is 0.235. The molecule has 1 atom stereocenters. The zero-order valence-electron chi connectivity index (χ0n) is 12.1. The third-order valence-electron chi connectivity index (χ3n) is 3.09. The van der Waals surface area contributed by atoms with Crippen molar-refractivity contribution < 1.29 is 4.39 Å². The van der Waals surface area contributed by atoms with Gasteiger partial charge in [-0.1, -0.05) is 25.1 Å². The van der Waals surface area contributed by atoms with E-state index in [0.29, 0.717) is 0 Å². The lowest BCUT2D eigenvalue weighted by atomic mass is 10.1. The lowest BCUT2D eigenvalue weighted by Crippen LogP contribution is -2.12. The molecule has 2 rings (SSSR count). The topological polar surface area (TPSA) is 24.9 Å². The van der Waals surface area contributed by atoms with Crippen molar-refractivity contribution in [2.75, 3.05) is 11.1 Å². The van der Waals surface area contributed by atoms with Crippen LogP contribution >= 0.6 is 11.8 Å². The number of nitrogens with one attached hydrogen (secondary N) is 1. The Morgan fingerprint density at radius 3 is 2.81 bits per heavy atom. The summed E-state index contributed by atoms with van der Waals surface area (Å²) >= 11 is 1.74. The van der Waals surface area contributed by atoms with Gasteiger partial charge in [-0.15, -0.1) is 18.3 Å². The molecule has 0 aliphatic rings. The number of rotatable bonds is 7. The summed E-state index contributed by atoms with van der Waals surface area (Å²) in [6.07, 6.45) is 4.03. The van der Waals surface area contributed by atoms with Crippen LogP contribution in [0.2, 0.25) is 0 Å². The molecule has 0 spiro atoms. The van der Waals surface area contributed by atoms with Gasteiger partial charge in [0.15, 0.2) is 0 Å². The Kier molecular flexibility index (Phi) is 5.81. The minimum absolute atomic E-state index is 0.0658. The molecule has 0 saturated heterocycles. The summed E-state index contributed by atoms with van der Waals surface area (Å²) in [7, 11) is 0. The molecule has 2 nitrogen and oxygen atoms in total. The number of aromatic nitrogens is 1. The monoisotopic (exact) mass is 302 g/mol. The Hall–Kier alpha value is -1.81. The second-order valence-corrected chi connectivity index (χ2v) is 5.66. The summed E-state index contributed by atoms with van der Waals surface area (Å²) in [5, 5.41) is 3.50. The van der Waals surface area contributed by atoms with Crippen LogP contribution in [0, 0.1) is 5.82 Å². The predicted octanol–water partition coefficient (Wildman–Crippen LogP) is 5.06. The van der Waals surface area contributed by atoms with E-state index in [-0.39, 0.29) is 11.9 Å². The first-order valence-corrected chi connectivity index (χ1v) is 7.94. The summed E-state index contributed by atoms with van der Waals surface area (Å²) in [6.45, 7) is 5.84. The molecular formula is C17H19FN2S. The Labute approximate surface area is 129 Å². The molecule has 0 saturated carbocycles. The minimum atomic E-state index is -0.310. The quantitative estimate of drug-likeness (QED) is 0.571. The van der Waals surface area contributed by atoms with Crippen molar-refractivity contribution in [2.45, 2.75) is 24.3 Å². The minimum Gasteiger partial charge on any atom is -0.376 e. The van der Waals surface area contributed by atoms with Crippen LogP contribution in [-0.2, 0) is 0 Å². The fourth-order valence-electron chi connectivity index (χ4n) is 2.03. The zero-order valence-corrected chi connectivity index (χ0v) is 12.9. The van der Waals surface area contributed by atoms with Gasteiger partial charge in [0, 0.05) is 16.3 Å². The maximum atomic E-state index is 13.0. The van der Waals surface area contributed by atoms with E-state index in [9.17, 15) is 4.39 Å². The number of nitrogens with zero attached hydrogens (tertiary/aromatic N) is 1. The Balaban J connectivity index is 2.18. The number of para-hydroxylation sites is 1. The van der Waals surface area contributed by atoms with Crippen LogP contribution in [0.4, 0.5) is 10.1 Å². The van der Waals surface area contributed by atoms with E-state index < -0.39 is 0 Å². The maximum absolute atomic E-state index is 13.0. The molecule has 2 aromatic rings. The van der Waals surface area contributed by atoms with Gasteiger partial charge in [0.25, 0.3) is 0 Å². The standard InChI is InChI=1S/C17H19FN2S/c1-3-11-21-17-8-6-5-7-16(17)20-14(4-2)15-10-9-13(18)12-19-15/h3,5-10,12,14,20H,1,4,11H2,2H3. The van der Waals surface area contributed by atoms with E-state index in [0.717, 1.165) is 23.6 Å². The summed E-state index contributed by atoms with van der Waals surface area (Å²) in [5.41, 5.74) is 1.92. The van der Waals surface area contributed by atoms with Gasteiger partial charge in [-0.05, 0) is 30.7 Å². The predicted molar refractivity (Wildman–Crippen MR) is 88.2 cm³/mol. The fourth-order valence-corrected chi connectivity index (χ4v) is 2.78. The van der Waals surface area contributed by atoms with Crippen LogP contribution < -0.4 is 5.32 Å². The Bertz CT molecular complexity index is 584. The highest BCUT2D eigenvalue weighted by molar-refractivity contribution is 7.99. The van der Waals surface area contributed by atoms with Crippen molar-refractivity contribution in [1.29, 1.82) is 0 Å². The highest BCUT2D eigenvalue weighted by atomic mass is 32.2. The molecule has 110 valence electrons. The van der Waals surface area contributed by atoms with Gasteiger partial charge in [0.1, 0.15) is 5.82 Å². The van der Waals surface area contributed by atoms with Crippen LogP contribution in [0.15, 0.2) is 60.1 Å². The van der Waals surface area contributed by atoms with Crippen LogP contribution in [0.3, 0.4) is 0 Å². The third kappa shape index (κ3) is 4.33. The van der Waals surface area contributed by atoms with E-state index in [1.54, 1.807) is 17.8 Å². The van der Waals surface area contributed by atoms with Gasteiger partial charge >= 0.3 is 0 Å². The molecule has 0 amide bonds. The number of anilines is 1. The second-order valence-electron chi connectivity index (χ2n) is 4.60. The normalized spacial score (nSPS) is 11.9. The number of halogens is 1. The average molecular weight is 302 g/mol. The first-order valence-electron chi connectivity index (χ1n) is 6.95. The number of benzene rings is 1. The molecule has 1 aromatic heterocycles. The van der Waals surface area contributed by atoms with Gasteiger partial charge in [0.05, 0.1) is 17.9 Å². The van der Waals surface area contributed by atoms with Crippen molar-refractivity contribution in [3.05, 3.63) is 66.8 Å².